The largest absolute Gasteiger partial charge is 0.385 e. The number of likely N-dealkylation sites (N-methyl/N-ethyl adjacent to an activating group) is 1. The fraction of sp³-hybridized carbons (Fsp3) is 0.438. The molecule has 0 aliphatic carbocycles. The Morgan fingerprint density at radius 3 is 2.58 bits per heavy atom. The molecule has 0 saturated carbocycles. The Balaban J connectivity index is 2.35. The Morgan fingerprint density at radius 2 is 1.92 bits per heavy atom. The van der Waals surface area contributed by atoms with E-state index in [0.717, 1.165) is 3.57 Å². The van der Waals surface area contributed by atoms with E-state index in [9.17, 15) is 14.4 Å². The molecule has 0 atom stereocenters. The summed E-state index contributed by atoms with van der Waals surface area (Å²) in [5, 5.41) is 5.27. The van der Waals surface area contributed by atoms with E-state index in [4.69, 9.17) is 4.74 Å². The summed E-state index contributed by atoms with van der Waals surface area (Å²) < 4.78 is 5.69. The van der Waals surface area contributed by atoms with Crippen LogP contribution in [0.15, 0.2) is 24.3 Å². The SMILES string of the molecule is COCCCNC(=O)CN(C)C(=O)CNC(=O)c1ccccc1I. The summed E-state index contributed by atoms with van der Waals surface area (Å²) in [4.78, 5) is 37.0. The lowest BCUT2D eigenvalue weighted by Crippen LogP contribution is -2.43. The quantitative estimate of drug-likeness (QED) is 0.430. The molecule has 1 rings (SSSR count). The molecule has 0 aliphatic rings. The van der Waals surface area contributed by atoms with Crippen LogP contribution in [-0.2, 0) is 14.3 Å². The van der Waals surface area contributed by atoms with Crippen LogP contribution in [0.4, 0.5) is 0 Å². The van der Waals surface area contributed by atoms with Crippen LogP contribution in [0, 0.1) is 3.57 Å². The summed E-state index contributed by atoms with van der Waals surface area (Å²) in [6.45, 7) is 0.860. The summed E-state index contributed by atoms with van der Waals surface area (Å²) in [5.41, 5.74) is 0.518. The van der Waals surface area contributed by atoms with Gasteiger partial charge in [0, 0.05) is 30.9 Å². The molecule has 132 valence electrons. The molecule has 0 aliphatic heterocycles. The minimum Gasteiger partial charge on any atom is -0.385 e. The molecule has 0 saturated heterocycles. The number of nitrogens with zero attached hydrogens (tertiary/aromatic N) is 1. The number of hydrogen-bond acceptors (Lipinski definition) is 4. The van der Waals surface area contributed by atoms with E-state index in [1.807, 2.05) is 12.1 Å². The van der Waals surface area contributed by atoms with Gasteiger partial charge < -0.3 is 20.3 Å². The van der Waals surface area contributed by atoms with Crippen molar-refractivity contribution in [3.8, 4) is 0 Å². The van der Waals surface area contributed by atoms with E-state index < -0.39 is 0 Å². The second kappa shape index (κ2) is 11.0. The summed E-state index contributed by atoms with van der Waals surface area (Å²) in [6.07, 6.45) is 0.714. The highest BCUT2D eigenvalue weighted by atomic mass is 127. The normalized spacial score (nSPS) is 10.1. The number of amides is 3. The fourth-order valence-corrected chi connectivity index (χ4v) is 2.47. The third-order valence-corrected chi connectivity index (χ3v) is 4.11. The average Bonchev–Trinajstić information content (AvgIpc) is 2.56. The summed E-state index contributed by atoms with van der Waals surface area (Å²) in [7, 11) is 3.12. The number of carbonyl (C=O) groups is 3. The van der Waals surface area contributed by atoms with Crippen molar-refractivity contribution in [2.75, 3.05) is 40.4 Å². The topological polar surface area (TPSA) is 87.7 Å². The second-order valence-electron chi connectivity index (χ2n) is 5.11. The lowest BCUT2D eigenvalue weighted by Gasteiger charge is -2.17. The van der Waals surface area contributed by atoms with Crippen molar-refractivity contribution in [2.45, 2.75) is 6.42 Å². The van der Waals surface area contributed by atoms with Crippen molar-refractivity contribution in [3.63, 3.8) is 0 Å². The highest BCUT2D eigenvalue weighted by Gasteiger charge is 2.15. The lowest BCUT2D eigenvalue weighted by molar-refractivity contribution is -0.133. The second-order valence-corrected chi connectivity index (χ2v) is 6.27. The molecule has 7 nitrogen and oxygen atoms in total. The summed E-state index contributed by atoms with van der Waals surface area (Å²) >= 11 is 2.06. The van der Waals surface area contributed by atoms with Crippen LogP contribution in [0.1, 0.15) is 16.8 Å². The van der Waals surface area contributed by atoms with Gasteiger partial charge in [-0.15, -0.1) is 0 Å². The van der Waals surface area contributed by atoms with E-state index in [2.05, 4.69) is 33.2 Å². The molecular formula is C16H22IN3O4. The van der Waals surface area contributed by atoms with Gasteiger partial charge in [-0.05, 0) is 41.1 Å². The molecule has 0 bridgehead atoms. The monoisotopic (exact) mass is 447 g/mol. The van der Waals surface area contributed by atoms with Gasteiger partial charge in [0.2, 0.25) is 11.8 Å². The highest BCUT2D eigenvalue weighted by Crippen LogP contribution is 2.10. The number of nitrogens with one attached hydrogen (secondary N) is 2. The number of hydrogen-bond donors (Lipinski definition) is 2. The molecule has 2 N–H and O–H groups in total. The van der Waals surface area contributed by atoms with Gasteiger partial charge in [0.25, 0.3) is 5.91 Å². The zero-order chi connectivity index (χ0) is 17.9. The van der Waals surface area contributed by atoms with E-state index in [1.54, 1.807) is 19.2 Å². The predicted octanol–water partition coefficient (Wildman–Crippen LogP) is 0.632. The third-order valence-electron chi connectivity index (χ3n) is 3.17. The van der Waals surface area contributed by atoms with E-state index in [0.29, 0.717) is 25.1 Å². The Kier molecular flexibility index (Phi) is 9.31. The Bertz CT molecular complexity index is 580. The van der Waals surface area contributed by atoms with Crippen LogP contribution < -0.4 is 10.6 Å². The molecule has 0 fully saturated rings. The van der Waals surface area contributed by atoms with Crippen molar-refractivity contribution in [3.05, 3.63) is 33.4 Å². The maximum absolute atomic E-state index is 12.0. The van der Waals surface area contributed by atoms with Gasteiger partial charge in [0.05, 0.1) is 18.7 Å². The Morgan fingerprint density at radius 1 is 1.21 bits per heavy atom. The summed E-state index contributed by atoms with van der Waals surface area (Å²) in [5.74, 6) is -0.891. The van der Waals surface area contributed by atoms with Crippen LogP contribution >= 0.6 is 22.6 Å². The number of ether oxygens (including phenoxy) is 1. The lowest BCUT2D eigenvalue weighted by atomic mass is 10.2. The number of halogens is 1. The van der Waals surface area contributed by atoms with Gasteiger partial charge in [-0.2, -0.15) is 0 Å². The van der Waals surface area contributed by atoms with Gasteiger partial charge in [0.15, 0.2) is 0 Å². The van der Waals surface area contributed by atoms with E-state index >= 15 is 0 Å². The summed E-state index contributed by atoms with van der Waals surface area (Å²) in [6, 6.07) is 7.11. The third kappa shape index (κ3) is 7.26. The molecule has 0 radical (unpaired) electrons. The molecule has 1 aromatic carbocycles. The van der Waals surface area contributed by atoms with Crippen LogP contribution in [0.2, 0.25) is 0 Å². The molecule has 0 heterocycles. The molecule has 0 unspecified atom stereocenters. The van der Waals surface area contributed by atoms with Crippen molar-refractivity contribution < 1.29 is 19.1 Å². The standard InChI is InChI=1S/C16H22IN3O4/c1-20(11-14(21)18-8-5-9-24-2)15(22)10-19-16(23)12-6-3-4-7-13(12)17/h3-4,6-7H,5,8-11H2,1-2H3,(H,18,21)(H,19,23). The average molecular weight is 447 g/mol. The van der Waals surface area contributed by atoms with E-state index in [-0.39, 0.29) is 30.8 Å². The first kappa shape index (κ1) is 20.4. The molecule has 24 heavy (non-hydrogen) atoms. The molecule has 8 heteroatoms. The highest BCUT2D eigenvalue weighted by molar-refractivity contribution is 14.1. The predicted molar refractivity (Wildman–Crippen MR) is 98.6 cm³/mol. The minimum absolute atomic E-state index is 0.0510. The van der Waals surface area contributed by atoms with Gasteiger partial charge in [-0.25, -0.2) is 0 Å². The number of carbonyl (C=O) groups excluding carboxylic acids is 3. The molecule has 0 spiro atoms. The first-order valence-corrected chi connectivity index (χ1v) is 8.56. The van der Waals surface area contributed by atoms with Gasteiger partial charge in [-0.1, -0.05) is 12.1 Å². The Labute approximate surface area is 155 Å². The van der Waals surface area contributed by atoms with Crippen LogP contribution in [-0.4, -0.2) is 63.0 Å². The van der Waals surface area contributed by atoms with Crippen molar-refractivity contribution >= 4 is 40.3 Å². The van der Waals surface area contributed by atoms with Crippen LogP contribution in [0.25, 0.3) is 0 Å². The maximum atomic E-state index is 12.0. The fourth-order valence-electron chi connectivity index (χ4n) is 1.84. The Hall–Kier alpha value is -1.68. The maximum Gasteiger partial charge on any atom is 0.252 e. The molecular weight excluding hydrogens is 425 g/mol. The first-order valence-electron chi connectivity index (χ1n) is 7.48. The minimum atomic E-state index is -0.332. The smallest absolute Gasteiger partial charge is 0.252 e. The van der Waals surface area contributed by atoms with E-state index in [1.165, 1.54) is 11.9 Å². The molecule has 0 aromatic heterocycles. The van der Waals surface area contributed by atoms with Gasteiger partial charge >= 0.3 is 0 Å². The van der Waals surface area contributed by atoms with Crippen molar-refractivity contribution in [2.24, 2.45) is 0 Å². The molecule has 3 amide bonds. The van der Waals surface area contributed by atoms with Gasteiger partial charge in [0.1, 0.15) is 0 Å². The first-order chi connectivity index (χ1) is 11.5. The van der Waals surface area contributed by atoms with Crippen molar-refractivity contribution in [1.29, 1.82) is 0 Å². The van der Waals surface area contributed by atoms with Crippen LogP contribution in [0.3, 0.4) is 0 Å². The zero-order valence-electron chi connectivity index (χ0n) is 13.8. The van der Waals surface area contributed by atoms with Gasteiger partial charge in [-0.3, -0.25) is 14.4 Å². The number of rotatable bonds is 9. The zero-order valence-corrected chi connectivity index (χ0v) is 16.0. The number of methoxy groups -OCH3 is 1. The number of benzene rings is 1. The molecule has 1 aromatic rings. The van der Waals surface area contributed by atoms with Crippen molar-refractivity contribution in [1.82, 2.24) is 15.5 Å². The van der Waals surface area contributed by atoms with Crippen LogP contribution in [0.5, 0.6) is 0 Å².